The minimum atomic E-state index is -1.36. The topological polar surface area (TPSA) is 58.1 Å². The van der Waals surface area contributed by atoms with Crippen LogP contribution in [0.4, 0.5) is 10.2 Å². The van der Waals surface area contributed by atoms with Crippen LogP contribution in [0.15, 0.2) is 17.0 Å². The summed E-state index contributed by atoms with van der Waals surface area (Å²) in [5, 5.41) is 2.71. The molecule has 21 heavy (non-hydrogen) atoms. The largest absolute Gasteiger partial charge is 0.308 e. The van der Waals surface area contributed by atoms with Gasteiger partial charge in [-0.25, -0.2) is 9.37 Å². The lowest BCUT2D eigenvalue weighted by Crippen LogP contribution is -2.49. The molecular formula is C14H20BrFN4O. The summed E-state index contributed by atoms with van der Waals surface area (Å²) >= 11 is 3.20. The molecule has 1 aromatic heterocycles. The molecule has 0 aromatic carbocycles. The Labute approximate surface area is 132 Å². The Morgan fingerprint density at radius 2 is 2.19 bits per heavy atom. The standard InChI is InChI=1S/C14H20BrFN4O/c1-13(2,3)20-8-14(4,16)5-9(20)12(21)19-11-7-17-6-10(15)18-11/h6-7,9H,5,8H2,1-4H3,(H,18,19,21)/t9-,14+/m0/s1. The molecule has 1 aliphatic rings. The fourth-order valence-electron chi connectivity index (χ4n) is 2.59. The molecule has 1 saturated heterocycles. The van der Waals surface area contributed by atoms with Crippen LogP contribution in [0.1, 0.15) is 34.1 Å². The van der Waals surface area contributed by atoms with Crippen molar-refractivity contribution in [3.63, 3.8) is 0 Å². The smallest absolute Gasteiger partial charge is 0.243 e. The summed E-state index contributed by atoms with van der Waals surface area (Å²) < 4.78 is 14.9. The van der Waals surface area contributed by atoms with Crippen LogP contribution in [0.3, 0.4) is 0 Å². The van der Waals surface area contributed by atoms with E-state index in [0.717, 1.165) is 0 Å². The molecule has 1 aromatic rings. The van der Waals surface area contributed by atoms with Crippen molar-refractivity contribution in [1.82, 2.24) is 14.9 Å². The maximum atomic E-state index is 14.3. The van der Waals surface area contributed by atoms with Crippen molar-refractivity contribution in [2.45, 2.75) is 51.4 Å². The Morgan fingerprint density at radius 1 is 1.52 bits per heavy atom. The highest BCUT2D eigenvalue weighted by Crippen LogP contribution is 2.35. The lowest BCUT2D eigenvalue weighted by molar-refractivity contribution is -0.122. The molecule has 0 spiro atoms. The zero-order chi connectivity index (χ0) is 15.8. The fraction of sp³-hybridized carbons (Fsp3) is 0.643. The number of likely N-dealkylation sites (tertiary alicyclic amines) is 1. The maximum Gasteiger partial charge on any atom is 0.243 e. The first-order valence-electron chi connectivity index (χ1n) is 6.83. The third kappa shape index (κ3) is 3.97. The summed E-state index contributed by atoms with van der Waals surface area (Å²) in [5.74, 6) is 0.106. The fourth-order valence-corrected chi connectivity index (χ4v) is 2.90. The molecule has 1 aliphatic heterocycles. The number of anilines is 1. The van der Waals surface area contributed by atoms with Gasteiger partial charge in [0.15, 0.2) is 5.82 Å². The molecule has 1 fully saturated rings. The Morgan fingerprint density at radius 3 is 2.76 bits per heavy atom. The number of hydrogen-bond donors (Lipinski definition) is 1. The van der Waals surface area contributed by atoms with Gasteiger partial charge >= 0.3 is 0 Å². The molecule has 7 heteroatoms. The number of aromatic nitrogens is 2. The van der Waals surface area contributed by atoms with E-state index in [1.807, 2.05) is 25.7 Å². The number of carbonyl (C=O) groups is 1. The van der Waals surface area contributed by atoms with Crippen LogP contribution in [0, 0.1) is 0 Å². The molecular weight excluding hydrogens is 339 g/mol. The Bertz CT molecular complexity index is 544. The number of nitrogens with zero attached hydrogens (tertiary/aromatic N) is 3. The first kappa shape index (κ1) is 16.3. The third-order valence-corrected chi connectivity index (χ3v) is 3.90. The van der Waals surface area contributed by atoms with Gasteiger partial charge in [0.05, 0.1) is 18.4 Å². The Hall–Kier alpha value is -1.08. The Balaban J connectivity index is 2.17. The van der Waals surface area contributed by atoms with Gasteiger partial charge in [0.25, 0.3) is 0 Å². The second-order valence-electron chi connectivity index (χ2n) is 6.65. The second-order valence-corrected chi connectivity index (χ2v) is 7.46. The van der Waals surface area contributed by atoms with Gasteiger partial charge in [0.2, 0.25) is 5.91 Å². The highest BCUT2D eigenvalue weighted by atomic mass is 79.9. The second kappa shape index (κ2) is 5.61. The predicted octanol–water partition coefficient (Wildman–Crippen LogP) is 2.78. The minimum absolute atomic E-state index is 0.178. The van der Waals surface area contributed by atoms with Gasteiger partial charge in [-0.15, -0.1) is 0 Å². The van der Waals surface area contributed by atoms with Crippen molar-refractivity contribution in [2.24, 2.45) is 0 Å². The number of hydrogen-bond acceptors (Lipinski definition) is 4. The summed E-state index contributed by atoms with van der Waals surface area (Å²) in [4.78, 5) is 22.4. The number of nitrogens with one attached hydrogen (secondary N) is 1. The lowest BCUT2D eigenvalue weighted by Gasteiger charge is -2.36. The van der Waals surface area contributed by atoms with Crippen molar-refractivity contribution in [3.05, 3.63) is 17.0 Å². The number of halogens is 2. The van der Waals surface area contributed by atoms with E-state index in [1.165, 1.54) is 19.3 Å². The monoisotopic (exact) mass is 358 g/mol. The van der Waals surface area contributed by atoms with Crippen molar-refractivity contribution < 1.29 is 9.18 Å². The average molecular weight is 359 g/mol. The van der Waals surface area contributed by atoms with Crippen molar-refractivity contribution in [2.75, 3.05) is 11.9 Å². The van der Waals surface area contributed by atoms with E-state index < -0.39 is 11.7 Å². The number of carbonyl (C=O) groups excluding carboxylic acids is 1. The molecule has 0 saturated carbocycles. The average Bonchev–Trinajstić information content (AvgIpc) is 2.65. The van der Waals surface area contributed by atoms with E-state index in [2.05, 4.69) is 31.2 Å². The lowest BCUT2D eigenvalue weighted by atomic mass is 10.0. The molecule has 2 atom stereocenters. The number of amides is 1. The summed E-state index contributed by atoms with van der Waals surface area (Å²) in [5.41, 5.74) is -1.65. The van der Waals surface area contributed by atoms with Gasteiger partial charge < -0.3 is 5.32 Å². The highest BCUT2D eigenvalue weighted by molar-refractivity contribution is 9.10. The van der Waals surface area contributed by atoms with Crippen molar-refractivity contribution in [1.29, 1.82) is 0 Å². The SMILES string of the molecule is CC(C)(C)N1C[C@](C)(F)C[C@H]1C(=O)Nc1cncc(Br)n1. The third-order valence-electron chi connectivity index (χ3n) is 3.52. The van der Waals surface area contributed by atoms with Crippen LogP contribution in [0.25, 0.3) is 0 Å². The number of alkyl halides is 1. The predicted molar refractivity (Wildman–Crippen MR) is 82.7 cm³/mol. The minimum Gasteiger partial charge on any atom is -0.308 e. The van der Waals surface area contributed by atoms with E-state index in [1.54, 1.807) is 0 Å². The van der Waals surface area contributed by atoms with E-state index in [0.29, 0.717) is 10.4 Å². The normalized spacial score (nSPS) is 26.9. The van der Waals surface area contributed by atoms with Crippen molar-refractivity contribution in [3.8, 4) is 0 Å². The van der Waals surface area contributed by atoms with E-state index >= 15 is 0 Å². The van der Waals surface area contributed by atoms with Gasteiger partial charge in [-0.2, -0.15) is 0 Å². The first-order valence-corrected chi connectivity index (χ1v) is 7.62. The number of rotatable bonds is 2. The van der Waals surface area contributed by atoms with Crippen LogP contribution in [-0.4, -0.2) is 44.6 Å². The maximum absolute atomic E-state index is 14.3. The summed E-state index contributed by atoms with van der Waals surface area (Å²) in [6.45, 7) is 7.73. The molecule has 5 nitrogen and oxygen atoms in total. The first-order chi connectivity index (χ1) is 9.58. The van der Waals surface area contributed by atoms with E-state index in [4.69, 9.17) is 0 Å². The van der Waals surface area contributed by atoms with Gasteiger partial charge in [0.1, 0.15) is 10.3 Å². The van der Waals surface area contributed by atoms with E-state index in [-0.39, 0.29) is 24.4 Å². The van der Waals surface area contributed by atoms with Crippen LogP contribution < -0.4 is 5.32 Å². The highest BCUT2D eigenvalue weighted by Gasteiger charge is 2.48. The molecule has 0 radical (unpaired) electrons. The Kier molecular flexibility index (Phi) is 4.35. The molecule has 1 N–H and O–H groups in total. The zero-order valence-electron chi connectivity index (χ0n) is 12.7. The molecule has 0 bridgehead atoms. The van der Waals surface area contributed by atoms with Gasteiger partial charge in [0, 0.05) is 18.5 Å². The molecule has 0 aliphatic carbocycles. The molecule has 1 amide bonds. The summed E-state index contributed by atoms with van der Waals surface area (Å²) in [6.07, 6.45) is 3.18. The van der Waals surface area contributed by atoms with Gasteiger partial charge in [-0.05, 0) is 43.6 Å². The quantitative estimate of drug-likeness (QED) is 0.882. The van der Waals surface area contributed by atoms with E-state index in [9.17, 15) is 9.18 Å². The van der Waals surface area contributed by atoms with Gasteiger partial charge in [-0.3, -0.25) is 14.7 Å². The molecule has 116 valence electrons. The van der Waals surface area contributed by atoms with Crippen LogP contribution in [0.2, 0.25) is 0 Å². The molecule has 2 rings (SSSR count). The van der Waals surface area contributed by atoms with Crippen LogP contribution in [0.5, 0.6) is 0 Å². The molecule has 2 heterocycles. The summed E-state index contributed by atoms with van der Waals surface area (Å²) in [6, 6.07) is -0.513. The summed E-state index contributed by atoms with van der Waals surface area (Å²) in [7, 11) is 0. The zero-order valence-corrected chi connectivity index (χ0v) is 14.2. The van der Waals surface area contributed by atoms with Crippen molar-refractivity contribution >= 4 is 27.7 Å². The van der Waals surface area contributed by atoms with Crippen LogP contribution >= 0.6 is 15.9 Å². The van der Waals surface area contributed by atoms with Crippen LogP contribution in [-0.2, 0) is 4.79 Å². The molecule has 0 unspecified atom stereocenters. The van der Waals surface area contributed by atoms with Gasteiger partial charge in [-0.1, -0.05) is 0 Å².